The first-order chi connectivity index (χ1) is 7.27. The van der Waals surface area contributed by atoms with Crippen molar-refractivity contribution in [2.75, 3.05) is 26.8 Å². The SMILES string of the molecule is C[C@@H](C1CCC1)N(C)CCC1OCCO1. The van der Waals surface area contributed by atoms with Gasteiger partial charge < -0.3 is 14.4 Å². The van der Waals surface area contributed by atoms with Crippen LogP contribution in [-0.2, 0) is 9.47 Å². The van der Waals surface area contributed by atoms with Gasteiger partial charge in [0.05, 0.1) is 13.2 Å². The first kappa shape index (κ1) is 11.4. The minimum absolute atomic E-state index is 0.0565. The molecule has 0 unspecified atom stereocenters. The summed E-state index contributed by atoms with van der Waals surface area (Å²) in [6, 6.07) is 0.722. The Morgan fingerprint density at radius 1 is 1.27 bits per heavy atom. The summed E-state index contributed by atoms with van der Waals surface area (Å²) in [5.74, 6) is 0.931. The zero-order valence-electron chi connectivity index (χ0n) is 9.95. The summed E-state index contributed by atoms with van der Waals surface area (Å²) in [7, 11) is 2.22. The molecule has 2 aliphatic rings. The van der Waals surface area contributed by atoms with Crippen molar-refractivity contribution < 1.29 is 9.47 Å². The van der Waals surface area contributed by atoms with E-state index in [1.807, 2.05) is 0 Å². The van der Waals surface area contributed by atoms with Crippen LogP contribution < -0.4 is 0 Å². The van der Waals surface area contributed by atoms with Crippen molar-refractivity contribution in [3.05, 3.63) is 0 Å². The van der Waals surface area contributed by atoms with Crippen LogP contribution in [-0.4, -0.2) is 44.0 Å². The first-order valence-electron chi connectivity index (χ1n) is 6.21. The van der Waals surface area contributed by atoms with E-state index < -0.39 is 0 Å². The number of ether oxygens (including phenoxy) is 2. The molecule has 0 radical (unpaired) electrons. The molecule has 1 aliphatic heterocycles. The Bertz CT molecular complexity index is 188. The first-order valence-corrected chi connectivity index (χ1v) is 6.21. The zero-order chi connectivity index (χ0) is 10.7. The Morgan fingerprint density at radius 3 is 2.47 bits per heavy atom. The van der Waals surface area contributed by atoms with Crippen LogP contribution >= 0.6 is 0 Å². The fourth-order valence-corrected chi connectivity index (χ4v) is 2.37. The fourth-order valence-electron chi connectivity index (χ4n) is 2.37. The number of hydrogen-bond donors (Lipinski definition) is 0. The normalized spacial score (nSPS) is 25.8. The monoisotopic (exact) mass is 213 g/mol. The second kappa shape index (κ2) is 5.28. The van der Waals surface area contributed by atoms with Gasteiger partial charge in [-0.3, -0.25) is 0 Å². The predicted molar refractivity (Wildman–Crippen MR) is 59.7 cm³/mol. The molecule has 0 aromatic carbocycles. The molecule has 1 saturated carbocycles. The van der Waals surface area contributed by atoms with Gasteiger partial charge in [-0.2, -0.15) is 0 Å². The highest BCUT2D eigenvalue weighted by atomic mass is 16.7. The van der Waals surface area contributed by atoms with Crippen LogP contribution in [0.3, 0.4) is 0 Å². The molecule has 1 aliphatic carbocycles. The third-order valence-corrected chi connectivity index (χ3v) is 3.94. The lowest BCUT2D eigenvalue weighted by Crippen LogP contribution is -2.39. The van der Waals surface area contributed by atoms with Crippen molar-refractivity contribution in [3.8, 4) is 0 Å². The van der Waals surface area contributed by atoms with Gasteiger partial charge in [-0.05, 0) is 32.7 Å². The van der Waals surface area contributed by atoms with E-state index >= 15 is 0 Å². The molecule has 0 aromatic rings. The van der Waals surface area contributed by atoms with E-state index in [2.05, 4.69) is 18.9 Å². The highest BCUT2D eigenvalue weighted by molar-refractivity contribution is 4.80. The summed E-state index contributed by atoms with van der Waals surface area (Å²) in [5.41, 5.74) is 0. The molecule has 88 valence electrons. The number of rotatable bonds is 5. The fraction of sp³-hybridized carbons (Fsp3) is 1.00. The van der Waals surface area contributed by atoms with Crippen LogP contribution in [0.1, 0.15) is 32.6 Å². The minimum Gasteiger partial charge on any atom is -0.350 e. The average molecular weight is 213 g/mol. The van der Waals surface area contributed by atoms with E-state index in [0.717, 1.165) is 38.1 Å². The second-order valence-electron chi connectivity index (χ2n) is 4.87. The molecule has 0 bridgehead atoms. The average Bonchev–Trinajstić information content (AvgIpc) is 2.63. The number of nitrogens with zero attached hydrogens (tertiary/aromatic N) is 1. The Balaban J connectivity index is 1.64. The van der Waals surface area contributed by atoms with Crippen LogP contribution in [0, 0.1) is 5.92 Å². The van der Waals surface area contributed by atoms with E-state index in [4.69, 9.17) is 9.47 Å². The van der Waals surface area contributed by atoms with Gasteiger partial charge in [0.15, 0.2) is 6.29 Å². The molecule has 0 aromatic heterocycles. The van der Waals surface area contributed by atoms with Gasteiger partial charge in [0.1, 0.15) is 0 Å². The van der Waals surface area contributed by atoms with Crippen LogP contribution in [0.5, 0.6) is 0 Å². The van der Waals surface area contributed by atoms with E-state index in [0.29, 0.717) is 0 Å². The Hall–Kier alpha value is -0.120. The minimum atomic E-state index is 0.0565. The summed E-state index contributed by atoms with van der Waals surface area (Å²) < 4.78 is 10.9. The Morgan fingerprint density at radius 2 is 1.93 bits per heavy atom. The largest absolute Gasteiger partial charge is 0.350 e. The molecule has 0 spiro atoms. The van der Waals surface area contributed by atoms with Gasteiger partial charge in [0, 0.05) is 19.0 Å². The maximum atomic E-state index is 5.43. The summed E-state index contributed by atoms with van der Waals surface area (Å²) in [6.07, 6.45) is 5.33. The van der Waals surface area contributed by atoms with E-state index in [-0.39, 0.29) is 6.29 Å². The highest BCUT2D eigenvalue weighted by Crippen LogP contribution is 2.31. The topological polar surface area (TPSA) is 21.7 Å². The maximum Gasteiger partial charge on any atom is 0.159 e. The molecule has 0 N–H and O–H groups in total. The van der Waals surface area contributed by atoms with Crippen molar-refractivity contribution >= 4 is 0 Å². The van der Waals surface area contributed by atoms with Gasteiger partial charge in [-0.15, -0.1) is 0 Å². The van der Waals surface area contributed by atoms with Crippen LogP contribution in [0.4, 0.5) is 0 Å². The summed E-state index contributed by atoms with van der Waals surface area (Å²) in [6.45, 7) is 4.97. The molecule has 1 atom stereocenters. The molecule has 2 rings (SSSR count). The van der Waals surface area contributed by atoms with Crippen LogP contribution in [0.15, 0.2) is 0 Å². The molecule has 3 nitrogen and oxygen atoms in total. The summed E-state index contributed by atoms with van der Waals surface area (Å²) >= 11 is 0. The molecule has 15 heavy (non-hydrogen) atoms. The summed E-state index contributed by atoms with van der Waals surface area (Å²) in [5, 5.41) is 0. The van der Waals surface area contributed by atoms with Crippen LogP contribution in [0.2, 0.25) is 0 Å². The standard InChI is InChI=1S/C12H23NO2/c1-10(11-4-3-5-11)13(2)7-6-12-14-8-9-15-12/h10-12H,3-9H2,1-2H3/t10-/m0/s1. The third-order valence-electron chi connectivity index (χ3n) is 3.94. The molecule has 2 fully saturated rings. The second-order valence-corrected chi connectivity index (χ2v) is 4.87. The lowest BCUT2D eigenvalue weighted by Gasteiger charge is -2.37. The quantitative estimate of drug-likeness (QED) is 0.696. The summed E-state index contributed by atoms with van der Waals surface area (Å²) in [4.78, 5) is 2.45. The van der Waals surface area contributed by atoms with Crippen molar-refractivity contribution in [2.45, 2.75) is 44.9 Å². The van der Waals surface area contributed by atoms with Crippen molar-refractivity contribution in [1.82, 2.24) is 4.90 Å². The zero-order valence-corrected chi connectivity index (χ0v) is 9.95. The molecule has 0 amide bonds. The molecule has 3 heteroatoms. The van der Waals surface area contributed by atoms with Gasteiger partial charge >= 0.3 is 0 Å². The van der Waals surface area contributed by atoms with E-state index in [9.17, 15) is 0 Å². The smallest absolute Gasteiger partial charge is 0.159 e. The lowest BCUT2D eigenvalue weighted by molar-refractivity contribution is -0.0535. The maximum absolute atomic E-state index is 5.43. The lowest BCUT2D eigenvalue weighted by atomic mass is 9.80. The van der Waals surface area contributed by atoms with E-state index in [1.165, 1.54) is 19.3 Å². The van der Waals surface area contributed by atoms with Crippen molar-refractivity contribution in [2.24, 2.45) is 5.92 Å². The van der Waals surface area contributed by atoms with E-state index in [1.54, 1.807) is 0 Å². The number of hydrogen-bond acceptors (Lipinski definition) is 3. The molecule has 1 saturated heterocycles. The highest BCUT2D eigenvalue weighted by Gasteiger charge is 2.27. The third kappa shape index (κ3) is 2.92. The molecular formula is C12H23NO2. The van der Waals surface area contributed by atoms with Gasteiger partial charge in [-0.25, -0.2) is 0 Å². The van der Waals surface area contributed by atoms with Crippen molar-refractivity contribution in [1.29, 1.82) is 0 Å². The van der Waals surface area contributed by atoms with Gasteiger partial charge in [0.2, 0.25) is 0 Å². The van der Waals surface area contributed by atoms with Gasteiger partial charge in [-0.1, -0.05) is 6.42 Å². The molecular weight excluding hydrogens is 190 g/mol. The molecule has 1 heterocycles. The van der Waals surface area contributed by atoms with Gasteiger partial charge in [0.25, 0.3) is 0 Å². The Labute approximate surface area is 92.7 Å². The van der Waals surface area contributed by atoms with Crippen molar-refractivity contribution in [3.63, 3.8) is 0 Å². The van der Waals surface area contributed by atoms with Crippen LogP contribution in [0.25, 0.3) is 0 Å². The Kier molecular flexibility index (Phi) is 4.00. The predicted octanol–water partition coefficient (Wildman–Crippen LogP) is 1.87.